The zero-order valence-electron chi connectivity index (χ0n) is 15.1. The van der Waals surface area contributed by atoms with E-state index in [9.17, 15) is 10.1 Å². The Morgan fingerprint density at radius 2 is 1.56 bits per heavy atom. The lowest BCUT2D eigenvalue weighted by atomic mass is 9.97. The van der Waals surface area contributed by atoms with Crippen LogP contribution >= 0.6 is 0 Å². The molecule has 0 bridgehead atoms. The molecule has 1 heterocycles. The van der Waals surface area contributed by atoms with Crippen LogP contribution in [-0.4, -0.2) is 10.9 Å². The van der Waals surface area contributed by atoms with Gasteiger partial charge in [-0.05, 0) is 53.1 Å². The Hall–Kier alpha value is -3.71. The lowest BCUT2D eigenvalue weighted by Crippen LogP contribution is -2.22. The van der Waals surface area contributed by atoms with Crippen LogP contribution in [0.1, 0.15) is 22.4 Å². The molecule has 4 aromatic rings. The second-order valence-corrected chi connectivity index (χ2v) is 6.55. The summed E-state index contributed by atoms with van der Waals surface area (Å²) in [5, 5.41) is 18.1. The van der Waals surface area contributed by atoms with Crippen LogP contribution in [-0.2, 0) is 0 Å². The van der Waals surface area contributed by atoms with E-state index in [1.54, 1.807) is 19.2 Å². The molecule has 0 aliphatic carbocycles. The Labute approximate surface area is 156 Å². The van der Waals surface area contributed by atoms with Crippen molar-refractivity contribution in [3.05, 3.63) is 93.4 Å². The van der Waals surface area contributed by atoms with Crippen LogP contribution in [0.15, 0.2) is 70.6 Å². The molecule has 4 nitrogen and oxygen atoms in total. The molecule has 0 saturated heterocycles. The summed E-state index contributed by atoms with van der Waals surface area (Å²) >= 11 is 0. The molecule has 0 fully saturated rings. The van der Waals surface area contributed by atoms with Gasteiger partial charge in [0.2, 0.25) is 0 Å². The molecule has 0 unspecified atom stereocenters. The van der Waals surface area contributed by atoms with Gasteiger partial charge in [0.25, 0.3) is 5.56 Å². The largest absolute Gasteiger partial charge is 0.289 e. The van der Waals surface area contributed by atoms with Crippen molar-refractivity contribution in [1.29, 1.82) is 5.26 Å². The molecule has 0 aliphatic heterocycles. The normalized spacial score (nSPS) is 11.3. The summed E-state index contributed by atoms with van der Waals surface area (Å²) in [6, 6.07) is 22.2. The first-order valence-electron chi connectivity index (χ1n) is 8.68. The van der Waals surface area contributed by atoms with Crippen LogP contribution < -0.4 is 5.56 Å². The molecule has 1 aromatic heterocycles. The number of rotatable bonds is 2. The summed E-state index contributed by atoms with van der Waals surface area (Å²) in [5.41, 5.74) is 2.05. The molecule has 4 heteroatoms. The van der Waals surface area contributed by atoms with Crippen LogP contribution in [0.2, 0.25) is 0 Å². The van der Waals surface area contributed by atoms with Crippen molar-refractivity contribution >= 4 is 27.8 Å². The van der Waals surface area contributed by atoms with E-state index in [-0.39, 0.29) is 5.56 Å². The van der Waals surface area contributed by atoms with Gasteiger partial charge in [-0.1, -0.05) is 48.5 Å². The Balaban J connectivity index is 1.99. The summed E-state index contributed by atoms with van der Waals surface area (Å²) in [4.78, 5) is 12.6. The Bertz CT molecular complexity index is 1270. The maximum absolute atomic E-state index is 12.6. The number of hydrogen-bond acceptors (Lipinski definition) is 3. The summed E-state index contributed by atoms with van der Waals surface area (Å²) in [5.74, 6) is 0. The van der Waals surface area contributed by atoms with Crippen molar-refractivity contribution in [3.8, 4) is 6.07 Å². The first kappa shape index (κ1) is 16.7. The second kappa shape index (κ2) is 6.54. The molecule has 4 rings (SSSR count). The number of nitriles is 1. The topological polar surface area (TPSA) is 58.1 Å². The van der Waals surface area contributed by atoms with Crippen LogP contribution in [0.3, 0.4) is 0 Å². The summed E-state index contributed by atoms with van der Waals surface area (Å²) in [6.07, 6.45) is 1.72. The SMILES string of the molecule is Cc1cc(C)n(/N=C\c2c3ccccc3cc3ccccc23)c(=O)c1C#N. The fraction of sp³-hybridized carbons (Fsp3) is 0.0870. The van der Waals surface area contributed by atoms with E-state index in [0.29, 0.717) is 11.3 Å². The predicted octanol–water partition coefficient (Wildman–Crippen LogP) is 4.53. The standard InChI is InChI=1S/C23H17N3O/c1-15-11-16(2)26(23(27)21(15)13-24)25-14-22-19-9-5-3-7-17(19)12-18-8-4-6-10-20(18)22/h3-12,14H,1-2H3/b25-14-. The maximum Gasteiger partial charge on any atom is 0.289 e. The lowest BCUT2D eigenvalue weighted by Gasteiger charge is -2.09. The molecule has 0 spiro atoms. The van der Waals surface area contributed by atoms with Gasteiger partial charge >= 0.3 is 0 Å². The van der Waals surface area contributed by atoms with Gasteiger partial charge < -0.3 is 0 Å². The van der Waals surface area contributed by atoms with Crippen molar-refractivity contribution in [2.24, 2.45) is 5.10 Å². The van der Waals surface area contributed by atoms with Gasteiger partial charge in [0.1, 0.15) is 11.6 Å². The number of hydrogen-bond donors (Lipinski definition) is 0. The molecule has 130 valence electrons. The van der Waals surface area contributed by atoms with E-state index in [1.807, 2.05) is 37.3 Å². The predicted molar refractivity (Wildman–Crippen MR) is 109 cm³/mol. The van der Waals surface area contributed by atoms with E-state index in [0.717, 1.165) is 27.1 Å². The molecule has 0 atom stereocenters. The molecule has 0 N–H and O–H groups in total. The van der Waals surface area contributed by atoms with Crippen LogP contribution in [0.25, 0.3) is 21.5 Å². The maximum atomic E-state index is 12.6. The van der Waals surface area contributed by atoms with Crippen LogP contribution in [0.5, 0.6) is 0 Å². The minimum absolute atomic E-state index is 0.125. The highest BCUT2D eigenvalue weighted by atomic mass is 16.1. The van der Waals surface area contributed by atoms with Gasteiger partial charge in [-0.25, -0.2) is 4.68 Å². The molecular formula is C23H17N3O. The average Bonchev–Trinajstić information content (AvgIpc) is 2.67. The van der Waals surface area contributed by atoms with Crippen LogP contribution in [0.4, 0.5) is 0 Å². The van der Waals surface area contributed by atoms with E-state index in [4.69, 9.17) is 0 Å². The second-order valence-electron chi connectivity index (χ2n) is 6.55. The lowest BCUT2D eigenvalue weighted by molar-refractivity contribution is 0.787. The van der Waals surface area contributed by atoms with Crippen molar-refractivity contribution in [2.75, 3.05) is 0 Å². The molecule has 0 saturated carbocycles. The van der Waals surface area contributed by atoms with E-state index < -0.39 is 5.56 Å². The summed E-state index contributed by atoms with van der Waals surface area (Å²) < 4.78 is 1.29. The van der Waals surface area contributed by atoms with E-state index in [2.05, 4.69) is 35.4 Å². The first-order chi connectivity index (χ1) is 13.1. The Morgan fingerprint density at radius 3 is 2.15 bits per heavy atom. The third-order valence-corrected chi connectivity index (χ3v) is 4.79. The quantitative estimate of drug-likeness (QED) is 0.394. The number of nitrogens with zero attached hydrogens (tertiary/aromatic N) is 3. The summed E-state index contributed by atoms with van der Waals surface area (Å²) in [7, 11) is 0. The minimum atomic E-state index is -0.393. The van der Waals surface area contributed by atoms with Crippen molar-refractivity contribution < 1.29 is 0 Å². The third kappa shape index (κ3) is 2.80. The third-order valence-electron chi connectivity index (χ3n) is 4.79. The van der Waals surface area contributed by atoms with Crippen molar-refractivity contribution in [2.45, 2.75) is 13.8 Å². The molecule has 3 aromatic carbocycles. The van der Waals surface area contributed by atoms with Crippen LogP contribution in [0, 0.1) is 25.2 Å². The zero-order valence-corrected chi connectivity index (χ0v) is 15.1. The Morgan fingerprint density at radius 1 is 0.963 bits per heavy atom. The molecular weight excluding hydrogens is 334 g/mol. The monoisotopic (exact) mass is 351 g/mol. The number of aryl methyl sites for hydroxylation is 2. The Kier molecular flexibility index (Phi) is 4.06. The van der Waals surface area contributed by atoms with Gasteiger partial charge in [0.15, 0.2) is 0 Å². The summed E-state index contributed by atoms with van der Waals surface area (Å²) in [6.45, 7) is 3.58. The number of benzene rings is 3. The highest BCUT2D eigenvalue weighted by Crippen LogP contribution is 2.27. The fourth-order valence-corrected chi connectivity index (χ4v) is 3.46. The molecule has 27 heavy (non-hydrogen) atoms. The minimum Gasteiger partial charge on any atom is -0.266 e. The van der Waals surface area contributed by atoms with Gasteiger partial charge in [-0.2, -0.15) is 10.4 Å². The smallest absolute Gasteiger partial charge is 0.266 e. The van der Waals surface area contributed by atoms with Gasteiger partial charge in [0.05, 0.1) is 6.21 Å². The van der Waals surface area contributed by atoms with E-state index in [1.165, 1.54) is 4.68 Å². The number of fused-ring (bicyclic) bond motifs is 2. The number of aromatic nitrogens is 1. The average molecular weight is 351 g/mol. The highest BCUT2D eigenvalue weighted by Gasteiger charge is 2.10. The van der Waals surface area contributed by atoms with Crippen molar-refractivity contribution in [1.82, 2.24) is 4.68 Å². The molecule has 0 amide bonds. The number of pyridine rings is 1. The van der Waals surface area contributed by atoms with Crippen molar-refractivity contribution in [3.63, 3.8) is 0 Å². The van der Waals surface area contributed by atoms with Gasteiger partial charge in [0, 0.05) is 11.3 Å². The van der Waals surface area contributed by atoms with Gasteiger partial charge in [-0.3, -0.25) is 4.79 Å². The van der Waals surface area contributed by atoms with E-state index >= 15 is 0 Å². The molecule has 0 radical (unpaired) electrons. The van der Waals surface area contributed by atoms with Gasteiger partial charge in [-0.15, -0.1) is 0 Å². The fourth-order valence-electron chi connectivity index (χ4n) is 3.46. The highest BCUT2D eigenvalue weighted by molar-refractivity contribution is 6.13. The molecule has 0 aliphatic rings. The first-order valence-corrected chi connectivity index (χ1v) is 8.68. The zero-order chi connectivity index (χ0) is 19.0.